The van der Waals surface area contributed by atoms with Crippen molar-refractivity contribution in [2.45, 2.75) is 20.0 Å². The van der Waals surface area contributed by atoms with E-state index >= 15 is 0 Å². The van der Waals surface area contributed by atoms with Crippen molar-refractivity contribution in [2.75, 3.05) is 5.32 Å². The van der Waals surface area contributed by atoms with E-state index in [1.165, 1.54) is 31.5 Å². The normalized spacial score (nSPS) is 10.8. The number of carbonyl (C=O) groups is 2. The maximum absolute atomic E-state index is 13.3. The largest absolute Gasteiger partial charge is 0.363 e. The maximum Gasteiger partial charge on any atom is 0.272 e. The number of Topliss-reactive ketones (excluding diaryl/α,β-unsaturated/α-hetero) is 1. The molecule has 8 nitrogen and oxygen atoms in total. The number of hydrogen-bond donors (Lipinski definition) is 3. The van der Waals surface area contributed by atoms with Crippen molar-refractivity contribution in [1.82, 2.24) is 25.5 Å². The Labute approximate surface area is 187 Å². The fraction of sp³-hybridized carbons (Fsp3) is 0.136. The maximum atomic E-state index is 13.3. The van der Waals surface area contributed by atoms with Gasteiger partial charge < -0.3 is 10.6 Å². The summed E-state index contributed by atoms with van der Waals surface area (Å²) < 4.78 is 13.3. The Balaban J connectivity index is 1.46. The van der Waals surface area contributed by atoms with Gasteiger partial charge in [-0.1, -0.05) is 41.9 Å². The number of anilines is 1. The van der Waals surface area contributed by atoms with Crippen LogP contribution in [0.4, 0.5) is 10.2 Å². The number of aromatic amines is 1. The van der Waals surface area contributed by atoms with Crippen molar-refractivity contribution in [3.63, 3.8) is 0 Å². The molecule has 0 fully saturated rings. The number of amides is 1. The van der Waals surface area contributed by atoms with E-state index in [1.54, 1.807) is 12.1 Å². The molecule has 2 aromatic heterocycles. The first-order valence-electron chi connectivity index (χ1n) is 9.67. The number of halogens is 2. The molecule has 0 aliphatic rings. The van der Waals surface area contributed by atoms with Crippen LogP contribution in [0.2, 0.25) is 5.02 Å². The van der Waals surface area contributed by atoms with Crippen LogP contribution < -0.4 is 10.6 Å². The van der Waals surface area contributed by atoms with Crippen LogP contribution >= 0.6 is 11.6 Å². The first kappa shape index (κ1) is 21.4. The lowest BCUT2D eigenvalue weighted by molar-refractivity contribution is 0.0946. The topological polar surface area (TPSA) is 113 Å². The second-order valence-corrected chi connectivity index (χ2v) is 7.46. The monoisotopic (exact) mass is 452 g/mol. The molecule has 0 unspecified atom stereocenters. The minimum atomic E-state index is -0.522. The van der Waals surface area contributed by atoms with E-state index in [4.69, 9.17) is 11.6 Å². The van der Waals surface area contributed by atoms with Crippen LogP contribution in [0, 0.1) is 5.82 Å². The van der Waals surface area contributed by atoms with Crippen molar-refractivity contribution in [3.8, 4) is 0 Å². The predicted molar refractivity (Wildman–Crippen MR) is 118 cm³/mol. The van der Waals surface area contributed by atoms with E-state index in [0.717, 1.165) is 5.56 Å². The Morgan fingerprint density at radius 3 is 2.53 bits per heavy atom. The van der Waals surface area contributed by atoms with Gasteiger partial charge >= 0.3 is 0 Å². The zero-order valence-corrected chi connectivity index (χ0v) is 17.7. The van der Waals surface area contributed by atoms with Crippen LogP contribution in [0.25, 0.3) is 11.0 Å². The molecule has 3 N–H and O–H groups in total. The number of nitrogens with zero attached hydrogens (tertiary/aromatic N) is 3. The van der Waals surface area contributed by atoms with Crippen molar-refractivity contribution in [2.24, 2.45) is 0 Å². The van der Waals surface area contributed by atoms with Crippen LogP contribution in [0.5, 0.6) is 0 Å². The fourth-order valence-electron chi connectivity index (χ4n) is 3.09. The van der Waals surface area contributed by atoms with E-state index in [-0.39, 0.29) is 23.0 Å². The van der Waals surface area contributed by atoms with Crippen LogP contribution in [0.3, 0.4) is 0 Å². The fourth-order valence-corrected chi connectivity index (χ4v) is 3.29. The van der Waals surface area contributed by atoms with E-state index in [0.29, 0.717) is 34.5 Å². The highest BCUT2D eigenvalue weighted by atomic mass is 35.5. The quantitative estimate of drug-likeness (QED) is 0.367. The molecule has 0 bridgehead atoms. The van der Waals surface area contributed by atoms with Gasteiger partial charge in [0.25, 0.3) is 5.91 Å². The van der Waals surface area contributed by atoms with Gasteiger partial charge in [-0.15, -0.1) is 0 Å². The Bertz CT molecular complexity index is 1310. The minimum Gasteiger partial charge on any atom is -0.363 e. The SMILES string of the molecule is CC(=O)c1ccc(CNc2n[nH]c3c(C(=O)NCc4ccc(F)c(Cl)c4)ncnc23)cc1. The number of H-pyrrole nitrogens is 1. The van der Waals surface area contributed by atoms with Crippen molar-refractivity contribution < 1.29 is 14.0 Å². The van der Waals surface area contributed by atoms with Crippen LogP contribution in [-0.4, -0.2) is 31.9 Å². The van der Waals surface area contributed by atoms with E-state index in [9.17, 15) is 14.0 Å². The molecule has 0 spiro atoms. The molecule has 10 heteroatoms. The van der Waals surface area contributed by atoms with Gasteiger partial charge in [-0.25, -0.2) is 14.4 Å². The summed E-state index contributed by atoms with van der Waals surface area (Å²) in [6.07, 6.45) is 1.29. The lowest BCUT2D eigenvalue weighted by Gasteiger charge is -2.07. The smallest absolute Gasteiger partial charge is 0.272 e. The number of aromatic nitrogens is 4. The van der Waals surface area contributed by atoms with Crippen LogP contribution in [0.15, 0.2) is 48.8 Å². The van der Waals surface area contributed by atoms with Crippen LogP contribution in [-0.2, 0) is 13.1 Å². The average molecular weight is 453 g/mol. The summed E-state index contributed by atoms with van der Waals surface area (Å²) >= 11 is 5.78. The summed E-state index contributed by atoms with van der Waals surface area (Å²) in [5.41, 5.74) is 3.24. The Kier molecular flexibility index (Phi) is 6.09. The molecule has 0 saturated heterocycles. The number of ketones is 1. The van der Waals surface area contributed by atoms with Gasteiger partial charge in [-0.3, -0.25) is 14.7 Å². The molecular formula is C22H18ClFN6O2. The third kappa shape index (κ3) is 4.57. The number of fused-ring (bicyclic) bond motifs is 1. The molecule has 1 amide bonds. The molecule has 0 aliphatic carbocycles. The lowest BCUT2D eigenvalue weighted by Crippen LogP contribution is -2.24. The zero-order valence-electron chi connectivity index (χ0n) is 16.9. The molecule has 0 radical (unpaired) electrons. The lowest BCUT2D eigenvalue weighted by atomic mass is 10.1. The highest BCUT2D eigenvalue weighted by Crippen LogP contribution is 2.21. The van der Waals surface area contributed by atoms with E-state index in [2.05, 4.69) is 30.8 Å². The first-order valence-corrected chi connectivity index (χ1v) is 10.0. The summed E-state index contributed by atoms with van der Waals surface area (Å²) in [4.78, 5) is 32.3. The van der Waals surface area contributed by atoms with Crippen molar-refractivity contribution >= 4 is 40.1 Å². The summed E-state index contributed by atoms with van der Waals surface area (Å²) in [6.45, 7) is 2.13. The third-order valence-electron chi connectivity index (χ3n) is 4.82. The summed E-state index contributed by atoms with van der Waals surface area (Å²) in [6, 6.07) is 11.5. The van der Waals surface area contributed by atoms with Gasteiger partial charge in [0.15, 0.2) is 17.3 Å². The molecule has 0 atom stereocenters. The third-order valence-corrected chi connectivity index (χ3v) is 5.11. The standard InChI is InChI=1S/C22H18ClFN6O2/c1-12(31)15-5-2-13(3-6-15)9-25-21-19-18(29-30-21)20(28-11-27-19)22(32)26-10-14-4-7-17(24)16(23)8-14/h2-8,11H,9-10H2,1H3,(H,26,32)(H2,25,29,30). The summed E-state index contributed by atoms with van der Waals surface area (Å²) in [5, 5.41) is 12.9. The summed E-state index contributed by atoms with van der Waals surface area (Å²) in [7, 11) is 0. The number of benzene rings is 2. The van der Waals surface area contributed by atoms with Crippen molar-refractivity contribution in [3.05, 3.63) is 82.0 Å². The molecule has 0 saturated carbocycles. The highest BCUT2D eigenvalue weighted by molar-refractivity contribution is 6.30. The molecule has 4 rings (SSSR count). The molecule has 162 valence electrons. The Morgan fingerprint density at radius 2 is 1.81 bits per heavy atom. The van der Waals surface area contributed by atoms with Gasteiger partial charge in [-0.2, -0.15) is 5.10 Å². The molecule has 32 heavy (non-hydrogen) atoms. The Morgan fingerprint density at radius 1 is 1.06 bits per heavy atom. The number of rotatable bonds is 7. The van der Waals surface area contributed by atoms with Crippen LogP contribution in [0.1, 0.15) is 38.9 Å². The molecule has 2 aromatic carbocycles. The second kappa shape index (κ2) is 9.11. The highest BCUT2D eigenvalue weighted by Gasteiger charge is 2.17. The van der Waals surface area contributed by atoms with E-state index in [1.807, 2.05) is 12.1 Å². The summed E-state index contributed by atoms with van der Waals surface area (Å²) in [5.74, 6) is -0.482. The molecule has 2 heterocycles. The van der Waals surface area contributed by atoms with Gasteiger partial charge in [0, 0.05) is 18.7 Å². The zero-order chi connectivity index (χ0) is 22.7. The van der Waals surface area contributed by atoms with Crippen molar-refractivity contribution in [1.29, 1.82) is 0 Å². The molecule has 0 aliphatic heterocycles. The van der Waals surface area contributed by atoms with Gasteiger partial charge in [0.05, 0.1) is 5.02 Å². The predicted octanol–water partition coefficient (Wildman–Crippen LogP) is 3.89. The molecule has 4 aromatic rings. The van der Waals surface area contributed by atoms with Gasteiger partial charge in [0.2, 0.25) is 0 Å². The number of nitrogens with one attached hydrogen (secondary N) is 3. The average Bonchev–Trinajstić information content (AvgIpc) is 3.21. The van der Waals surface area contributed by atoms with Gasteiger partial charge in [0.1, 0.15) is 23.2 Å². The second-order valence-electron chi connectivity index (χ2n) is 7.06. The number of carbonyl (C=O) groups excluding carboxylic acids is 2. The molecular weight excluding hydrogens is 435 g/mol. The minimum absolute atomic E-state index is 0.00726. The van der Waals surface area contributed by atoms with E-state index < -0.39 is 11.7 Å². The Hall–Kier alpha value is -3.85. The number of hydrogen-bond acceptors (Lipinski definition) is 6. The van der Waals surface area contributed by atoms with Gasteiger partial charge in [-0.05, 0) is 30.2 Å². The first-order chi connectivity index (χ1) is 15.4.